The second-order valence-corrected chi connectivity index (χ2v) is 14.1. The Hall–Kier alpha value is -1.12. The zero-order valence-electron chi connectivity index (χ0n) is 24.1. The number of nitrogens with zero attached hydrogens (tertiary/aromatic N) is 1. The van der Waals surface area contributed by atoms with E-state index >= 15 is 0 Å². The maximum atomic E-state index is 11.3. The molecular formula is C32H37ClNNaO3S2. The predicted molar refractivity (Wildman–Crippen MR) is 164 cm³/mol. The molecule has 0 spiro atoms. The van der Waals surface area contributed by atoms with Gasteiger partial charge in [-0.1, -0.05) is 74.0 Å². The number of rotatable bonds is 13. The number of carbonyl (C=O) groups is 1. The molecule has 1 heterocycles. The minimum Gasteiger partial charge on any atom is -0.550 e. The van der Waals surface area contributed by atoms with Gasteiger partial charge in [0.25, 0.3) is 0 Å². The summed E-state index contributed by atoms with van der Waals surface area (Å²) in [6, 6.07) is 14.5. The van der Waals surface area contributed by atoms with E-state index in [9.17, 15) is 15.0 Å². The fourth-order valence-corrected chi connectivity index (χ4v) is 7.73. The molecule has 0 radical (unpaired) electrons. The first-order valence-electron chi connectivity index (χ1n) is 13.6. The van der Waals surface area contributed by atoms with Crippen LogP contribution in [0.1, 0.15) is 86.7 Å². The summed E-state index contributed by atoms with van der Waals surface area (Å²) in [4.78, 5) is 15.7. The third-order valence-corrected chi connectivity index (χ3v) is 9.86. The molecule has 1 fully saturated rings. The van der Waals surface area contributed by atoms with Crippen LogP contribution in [0.15, 0.2) is 42.5 Å². The van der Waals surface area contributed by atoms with Gasteiger partial charge in [-0.2, -0.15) is 11.8 Å². The fraction of sp³-hybridized carbons (Fsp3) is 0.438. The van der Waals surface area contributed by atoms with Gasteiger partial charge in [0.05, 0.1) is 11.3 Å². The molecule has 1 aliphatic carbocycles. The van der Waals surface area contributed by atoms with Gasteiger partial charge >= 0.3 is 29.6 Å². The van der Waals surface area contributed by atoms with E-state index in [1.807, 2.05) is 43.8 Å². The summed E-state index contributed by atoms with van der Waals surface area (Å²) in [6.07, 6.45) is 8.05. The zero-order valence-corrected chi connectivity index (χ0v) is 28.5. The van der Waals surface area contributed by atoms with Crippen molar-refractivity contribution in [2.24, 2.45) is 5.41 Å². The van der Waals surface area contributed by atoms with Gasteiger partial charge < -0.3 is 15.0 Å². The first-order chi connectivity index (χ1) is 18.5. The molecule has 1 aromatic heterocycles. The standard InChI is InChI=1S/C32H38ClNO3S2.Na/c1-21(2)29-30(33)39-26(34-29)15-14-22-9-5-6-12-24(22)25-13-7-10-23(28(25)31(3,4)37)11-8-18-38-20-32(16-17-32)19-27(35)36;/h5-7,9-10,12-15,21,37H,8,11,16-20H2,1-4H3,(H,35,36);/q;+1/p-1. The minimum absolute atomic E-state index is 0. The number of aryl methyl sites for hydroxylation is 1. The van der Waals surface area contributed by atoms with Crippen LogP contribution in [0.4, 0.5) is 0 Å². The normalized spacial score (nSPS) is 14.5. The number of thiazole rings is 1. The molecule has 4 rings (SSSR count). The molecule has 3 aromatic rings. The van der Waals surface area contributed by atoms with Crippen molar-refractivity contribution in [3.05, 3.63) is 74.2 Å². The second-order valence-electron chi connectivity index (χ2n) is 11.4. The van der Waals surface area contributed by atoms with Gasteiger partial charge in [-0.3, -0.25) is 0 Å². The van der Waals surface area contributed by atoms with Gasteiger partial charge in [0, 0.05) is 5.97 Å². The number of hydrogen-bond acceptors (Lipinski definition) is 6. The zero-order chi connectivity index (χ0) is 28.2. The number of carboxylic acids is 1. The van der Waals surface area contributed by atoms with Crippen LogP contribution in [-0.2, 0) is 16.8 Å². The number of thioether (sulfide) groups is 1. The maximum Gasteiger partial charge on any atom is 1.00 e. The Morgan fingerprint density at radius 2 is 1.88 bits per heavy atom. The van der Waals surface area contributed by atoms with Gasteiger partial charge in [-0.05, 0) is 103 Å². The summed E-state index contributed by atoms with van der Waals surface area (Å²) >= 11 is 9.73. The van der Waals surface area contributed by atoms with Gasteiger partial charge in [0.15, 0.2) is 0 Å². The third kappa shape index (κ3) is 8.70. The van der Waals surface area contributed by atoms with Crippen LogP contribution in [-0.4, -0.2) is 27.6 Å². The van der Waals surface area contributed by atoms with Crippen molar-refractivity contribution in [2.45, 2.75) is 71.3 Å². The van der Waals surface area contributed by atoms with Crippen molar-refractivity contribution in [3.8, 4) is 11.1 Å². The molecule has 208 valence electrons. The van der Waals surface area contributed by atoms with Crippen LogP contribution < -0.4 is 34.7 Å². The summed E-state index contributed by atoms with van der Waals surface area (Å²) in [5.74, 6) is 1.17. The van der Waals surface area contributed by atoms with E-state index < -0.39 is 11.6 Å². The van der Waals surface area contributed by atoms with Gasteiger partial charge in [0.1, 0.15) is 9.34 Å². The van der Waals surface area contributed by atoms with E-state index in [0.717, 1.165) is 80.0 Å². The van der Waals surface area contributed by atoms with Crippen LogP contribution in [0.5, 0.6) is 0 Å². The summed E-state index contributed by atoms with van der Waals surface area (Å²) in [6.45, 7) is 7.89. The molecule has 4 nitrogen and oxygen atoms in total. The molecule has 0 atom stereocenters. The number of carbonyl (C=O) groups excluding carboxylic acids is 1. The smallest absolute Gasteiger partial charge is 0.550 e. The topological polar surface area (TPSA) is 73.2 Å². The van der Waals surface area contributed by atoms with Crippen molar-refractivity contribution < 1.29 is 44.6 Å². The molecule has 0 amide bonds. The number of aliphatic carboxylic acids is 1. The number of hydrogen-bond donors (Lipinski definition) is 1. The van der Waals surface area contributed by atoms with Gasteiger partial charge in [0.2, 0.25) is 0 Å². The summed E-state index contributed by atoms with van der Waals surface area (Å²) in [5, 5.41) is 23.2. The Morgan fingerprint density at radius 1 is 1.18 bits per heavy atom. The van der Waals surface area contributed by atoms with Crippen LogP contribution in [0.3, 0.4) is 0 Å². The van der Waals surface area contributed by atoms with E-state index in [1.165, 1.54) is 11.3 Å². The summed E-state index contributed by atoms with van der Waals surface area (Å²) in [7, 11) is 0. The molecule has 1 saturated carbocycles. The van der Waals surface area contributed by atoms with E-state index in [4.69, 9.17) is 16.6 Å². The molecule has 1 aliphatic rings. The minimum atomic E-state index is -1.02. The number of aliphatic hydroxyl groups is 1. The molecular weight excluding hydrogens is 569 g/mol. The van der Waals surface area contributed by atoms with E-state index in [1.54, 1.807) is 0 Å². The van der Waals surface area contributed by atoms with Gasteiger partial charge in [-0.25, -0.2) is 4.98 Å². The van der Waals surface area contributed by atoms with Crippen molar-refractivity contribution in [2.75, 3.05) is 11.5 Å². The molecule has 0 unspecified atom stereocenters. The van der Waals surface area contributed by atoms with E-state index in [2.05, 4.69) is 50.3 Å². The molecule has 0 saturated heterocycles. The Bertz CT molecular complexity index is 1340. The van der Waals surface area contributed by atoms with Crippen LogP contribution in [0.25, 0.3) is 23.3 Å². The monoisotopic (exact) mass is 605 g/mol. The number of aromatic nitrogens is 1. The predicted octanol–water partition coefficient (Wildman–Crippen LogP) is 4.57. The van der Waals surface area contributed by atoms with Crippen LogP contribution >= 0.6 is 34.7 Å². The molecule has 1 N–H and O–H groups in total. The molecule has 0 bridgehead atoms. The average molecular weight is 606 g/mol. The maximum absolute atomic E-state index is 11.3. The van der Waals surface area contributed by atoms with E-state index in [0.29, 0.717) is 0 Å². The van der Waals surface area contributed by atoms with Crippen molar-refractivity contribution in [1.82, 2.24) is 4.98 Å². The Kier molecular flexibility index (Phi) is 12.0. The largest absolute Gasteiger partial charge is 1.00 e. The number of halogens is 1. The fourth-order valence-electron chi connectivity index (χ4n) is 5.07. The number of benzene rings is 2. The first kappa shape index (κ1) is 33.4. The van der Waals surface area contributed by atoms with Crippen molar-refractivity contribution in [1.29, 1.82) is 0 Å². The van der Waals surface area contributed by atoms with Crippen molar-refractivity contribution >= 4 is 52.8 Å². The molecule has 0 aliphatic heterocycles. The Balaban J connectivity index is 0.00000441. The molecule has 40 heavy (non-hydrogen) atoms. The summed E-state index contributed by atoms with van der Waals surface area (Å²) in [5.41, 5.74) is 5.10. The Labute approximate surface area is 274 Å². The molecule has 8 heteroatoms. The first-order valence-corrected chi connectivity index (χ1v) is 15.9. The number of carboxylic acid groups (broad SMARTS) is 1. The summed E-state index contributed by atoms with van der Waals surface area (Å²) < 4.78 is 0.735. The second kappa shape index (κ2) is 14.4. The molecule has 2 aromatic carbocycles. The van der Waals surface area contributed by atoms with Gasteiger partial charge in [-0.15, -0.1) is 11.3 Å². The van der Waals surface area contributed by atoms with Crippen LogP contribution in [0.2, 0.25) is 4.34 Å². The van der Waals surface area contributed by atoms with E-state index in [-0.39, 0.29) is 47.3 Å². The third-order valence-electron chi connectivity index (χ3n) is 7.21. The van der Waals surface area contributed by atoms with Crippen molar-refractivity contribution in [3.63, 3.8) is 0 Å². The Morgan fingerprint density at radius 3 is 2.50 bits per heavy atom. The average Bonchev–Trinajstić information content (AvgIpc) is 3.51. The SMILES string of the molecule is CC(C)c1nc(C=Cc2ccccc2-c2cccc(CCCSCC3(CC(=O)[O-])CC3)c2C(C)(C)O)sc1Cl.[Na+]. The van der Waals surface area contributed by atoms with Crippen LogP contribution in [0, 0.1) is 5.41 Å². The quantitative estimate of drug-likeness (QED) is 0.228.